The molecule has 1 unspecified atom stereocenters. The van der Waals surface area contributed by atoms with E-state index in [4.69, 9.17) is 10.5 Å². The number of hydrogen-bond acceptors (Lipinski definition) is 4. The molecule has 3 rings (SSSR count). The van der Waals surface area contributed by atoms with Gasteiger partial charge in [-0.3, -0.25) is 4.90 Å². The maximum absolute atomic E-state index is 6.02. The van der Waals surface area contributed by atoms with E-state index in [1.165, 1.54) is 11.1 Å². The first-order valence-corrected chi connectivity index (χ1v) is 7.89. The summed E-state index contributed by atoms with van der Waals surface area (Å²) in [7, 11) is 1.74. The highest BCUT2D eigenvalue weighted by Gasteiger charge is 2.30. The molecule has 1 aliphatic rings. The fourth-order valence-corrected chi connectivity index (χ4v) is 3.30. The van der Waals surface area contributed by atoms with E-state index in [2.05, 4.69) is 26.6 Å². The van der Waals surface area contributed by atoms with Gasteiger partial charge in [-0.1, -0.05) is 12.1 Å². The van der Waals surface area contributed by atoms with E-state index in [-0.39, 0.29) is 0 Å². The number of aromatic nitrogens is 2. The van der Waals surface area contributed by atoms with E-state index < -0.39 is 0 Å². The number of hydrogen-bond donors (Lipinski definition) is 1. The van der Waals surface area contributed by atoms with Gasteiger partial charge >= 0.3 is 0 Å². The number of nitrogens with two attached hydrogens (primary N) is 1. The Hall–Kier alpha value is -1.85. The highest BCUT2D eigenvalue weighted by atomic mass is 16.5. The molecule has 0 saturated carbocycles. The first-order chi connectivity index (χ1) is 10.8. The van der Waals surface area contributed by atoms with Gasteiger partial charge in [-0.2, -0.15) is 0 Å². The van der Waals surface area contributed by atoms with Crippen molar-refractivity contribution in [2.75, 3.05) is 20.2 Å². The Morgan fingerprint density at radius 2 is 2.18 bits per heavy atom. The van der Waals surface area contributed by atoms with Gasteiger partial charge in [-0.15, -0.1) is 0 Å². The van der Waals surface area contributed by atoms with Crippen LogP contribution in [-0.2, 0) is 13.1 Å². The number of ether oxygens (including phenoxy) is 1. The van der Waals surface area contributed by atoms with Gasteiger partial charge in [0.1, 0.15) is 5.75 Å². The molecular weight excluding hydrogens is 276 g/mol. The number of unbranched alkanes of at least 4 members (excludes halogenated alkanes) is 1. The quantitative estimate of drug-likeness (QED) is 0.796. The Morgan fingerprint density at radius 3 is 2.91 bits per heavy atom. The Kier molecular flexibility index (Phi) is 4.75. The zero-order chi connectivity index (χ0) is 15.4. The molecule has 2 heterocycles. The van der Waals surface area contributed by atoms with Gasteiger partial charge < -0.3 is 15.0 Å². The van der Waals surface area contributed by atoms with Crippen molar-refractivity contribution in [1.82, 2.24) is 14.5 Å². The fraction of sp³-hybridized carbons (Fsp3) is 0.471. The molecular formula is C17H24N4O. The summed E-state index contributed by atoms with van der Waals surface area (Å²) in [6.45, 7) is 3.68. The molecule has 1 atom stereocenters. The van der Waals surface area contributed by atoms with Gasteiger partial charge in [0.2, 0.25) is 0 Å². The summed E-state index contributed by atoms with van der Waals surface area (Å²) >= 11 is 0. The molecule has 0 aliphatic carbocycles. The summed E-state index contributed by atoms with van der Waals surface area (Å²) in [6, 6.07) is 6.59. The third-order valence-electron chi connectivity index (χ3n) is 4.44. The van der Waals surface area contributed by atoms with E-state index in [9.17, 15) is 0 Å². The zero-order valence-electron chi connectivity index (χ0n) is 13.1. The summed E-state index contributed by atoms with van der Waals surface area (Å²) in [6.07, 6.45) is 8.02. The van der Waals surface area contributed by atoms with Gasteiger partial charge in [-0.05, 0) is 31.0 Å². The number of fused-ring (bicyclic) bond motifs is 1. The lowest BCUT2D eigenvalue weighted by atomic mass is 10.0. The van der Waals surface area contributed by atoms with E-state index in [0.717, 1.165) is 38.2 Å². The fourth-order valence-electron chi connectivity index (χ4n) is 3.30. The van der Waals surface area contributed by atoms with Crippen molar-refractivity contribution in [2.24, 2.45) is 5.73 Å². The first kappa shape index (κ1) is 15.1. The molecule has 118 valence electrons. The van der Waals surface area contributed by atoms with E-state index in [1.807, 2.05) is 24.8 Å². The average Bonchev–Trinajstić information content (AvgIpc) is 3.18. The lowest BCUT2D eigenvalue weighted by Crippen LogP contribution is -2.29. The van der Waals surface area contributed by atoms with Gasteiger partial charge in [0.15, 0.2) is 0 Å². The molecule has 5 nitrogen and oxygen atoms in total. The number of imidazole rings is 1. The number of benzene rings is 1. The lowest BCUT2D eigenvalue weighted by molar-refractivity contribution is 0.213. The van der Waals surface area contributed by atoms with Crippen LogP contribution >= 0.6 is 0 Å². The van der Waals surface area contributed by atoms with Crippen LogP contribution in [0.1, 0.15) is 30.0 Å². The van der Waals surface area contributed by atoms with Crippen LogP contribution in [0.4, 0.5) is 0 Å². The zero-order valence-corrected chi connectivity index (χ0v) is 13.1. The maximum Gasteiger partial charge on any atom is 0.123 e. The molecule has 0 bridgehead atoms. The van der Waals surface area contributed by atoms with Crippen molar-refractivity contribution in [3.63, 3.8) is 0 Å². The third kappa shape index (κ3) is 3.00. The predicted molar refractivity (Wildman–Crippen MR) is 86.7 cm³/mol. The average molecular weight is 300 g/mol. The largest absolute Gasteiger partial charge is 0.496 e. The highest BCUT2D eigenvalue weighted by Crippen LogP contribution is 2.38. The van der Waals surface area contributed by atoms with Crippen LogP contribution in [0.25, 0.3) is 0 Å². The van der Waals surface area contributed by atoms with Crippen molar-refractivity contribution in [2.45, 2.75) is 32.0 Å². The van der Waals surface area contributed by atoms with E-state index >= 15 is 0 Å². The second kappa shape index (κ2) is 6.94. The van der Waals surface area contributed by atoms with E-state index in [0.29, 0.717) is 12.6 Å². The number of methoxy groups -OCH3 is 1. The number of nitrogens with zero attached hydrogens (tertiary/aromatic N) is 3. The summed E-state index contributed by atoms with van der Waals surface area (Å²) in [5, 5.41) is 0. The van der Waals surface area contributed by atoms with Crippen LogP contribution in [0.3, 0.4) is 0 Å². The van der Waals surface area contributed by atoms with Crippen molar-refractivity contribution < 1.29 is 4.74 Å². The van der Waals surface area contributed by atoms with Crippen LogP contribution < -0.4 is 10.5 Å². The van der Waals surface area contributed by atoms with Gasteiger partial charge in [-0.25, -0.2) is 4.98 Å². The van der Waals surface area contributed by atoms with Crippen molar-refractivity contribution >= 4 is 0 Å². The molecule has 0 fully saturated rings. The summed E-state index contributed by atoms with van der Waals surface area (Å²) < 4.78 is 7.62. The molecule has 0 radical (unpaired) electrons. The van der Waals surface area contributed by atoms with Gasteiger partial charge in [0.25, 0.3) is 0 Å². The molecule has 1 aromatic carbocycles. The van der Waals surface area contributed by atoms with Crippen molar-refractivity contribution in [3.8, 4) is 5.75 Å². The Bertz CT molecular complexity index is 597. The van der Waals surface area contributed by atoms with Crippen LogP contribution in [0, 0.1) is 0 Å². The molecule has 5 heteroatoms. The van der Waals surface area contributed by atoms with Crippen molar-refractivity contribution in [1.29, 1.82) is 0 Å². The van der Waals surface area contributed by atoms with Gasteiger partial charge in [0.05, 0.1) is 13.4 Å². The third-order valence-corrected chi connectivity index (χ3v) is 4.44. The minimum absolute atomic E-state index is 0.318. The normalized spacial score (nSPS) is 17.6. The molecule has 2 N–H and O–H groups in total. The SMILES string of the molecule is COc1cccc2c1CN(CCCCn1ccnc1)C2CN. The maximum atomic E-state index is 6.02. The van der Waals surface area contributed by atoms with Crippen LogP contribution in [-0.4, -0.2) is 34.7 Å². The first-order valence-electron chi connectivity index (χ1n) is 7.89. The second-order valence-corrected chi connectivity index (χ2v) is 5.76. The van der Waals surface area contributed by atoms with Crippen LogP contribution in [0.2, 0.25) is 0 Å². The van der Waals surface area contributed by atoms with Gasteiger partial charge in [0, 0.05) is 43.6 Å². The second-order valence-electron chi connectivity index (χ2n) is 5.76. The minimum atomic E-state index is 0.318. The number of rotatable bonds is 7. The minimum Gasteiger partial charge on any atom is -0.496 e. The highest BCUT2D eigenvalue weighted by molar-refractivity contribution is 5.44. The lowest BCUT2D eigenvalue weighted by Gasteiger charge is -2.23. The summed E-state index contributed by atoms with van der Waals surface area (Å²) in [5.74, 6) is 0.983. The topological polar surface area (TPSA) is 56.3 Å². The van der Waals surface area contributed by atoms with Crippen molar-refractivity contribution in [3.05, 3.63) is 48.0 Å². The standard InChI is InChI=1S/C17H24N4O/c1-22-17-6-4-5-14-15(17)12-21(16(14)11-18)9-3-2-8-20-10-7-19-13-20/h4-7,10,13,16H,2-3,8-9,11-12,18H2,1H3. The predicted octanol–water partition coefficient (Wildman–Crippen LogP) is 2.19. The molecule has 0 saturated heterocycles. The molecule has 0 spiro atoms. The molecule has 1 aliphatic heterocycles. The molecule has 0 amide bonds. The molecule has 1 aromatic heterocycles. The monoisotopic (exact) mass is 300 g/mol. The van der Waals surface area contributed by atoms with E-state index in [1.54, 1.807) is 7.11 Å². The van der Waals surface area contributed by atoms with Crippen LogP contribution in [0.5, 0.6) is 5.75 Å². The molecule has 2 aromatic rings. The Morgan fingerprint density at radius 1 is 1.32 bits per heavy atom. The number of aryl methyl sites for hydroxylation is 1. The Balaban J connectivity index is 1.58. The smallest absolute Gasteiger partial charge is 0.123 e. The van der Waals surface area contributed by atoms with Crippen LogP contribution in [0.15, 0.2) is 36.9 Å². The summed E-state index contributed by atoms with van der Waals surface area (Å²) in [4.78, 5) is 6.55. The summed E-state index contributed by atoms with van der Waals surface area (Å²) in [5.41, 5.74) is 8.65. The Labute approximate surface area is 131 Å². The molecule has 22 heavy (non-hydrogen) atoms.